The van der Waals surface area contributed by atoms with Crippen molar-refractivity contribution in [2.45, 2.75) is 25.7 Å². The molecule has 6 heteroatoms. The first-order valence-electron chi connectivity index (χ1n) is 9.65. The van der Waals surface area contributed by atoms with Crippen LogP contribution in [0.2, 0.25) is 4.34 Å². The molecule has 1 heterocycles. The molecule has 0 aliphatic rings. The third-order valence-electron chi connectivity index (χ3n) is 4.44. The molecular weight excluding hydrogens is 404 g/mol. The number of likely N-dealkylation sites (N-methyl/N-ethyl adjacent to an activating group) is 1. The lowest BCUT2D eigenvalue weighted by atomic mass is 10.2. The zero-order valence-corrected chi connectivity index (χ0v) is 18.1. The van der Waals surface area contributed by atoms with Crippen LogP contribution in [-0.4, -0.2) is 36.3 Å². The Bertz CT molecular complexity index is 855. The van der Waals surface area contributed by atoms with Crippen molar-refractivity contribution >= 4 is 22.9 Å². The van der Waals surface area contributed by atoms with Crippen LogP contribution in [-0.2, 0) is 19.6 Å². The highest BCUT2D eigenvalue weighted by molar-refractivity contribution is 7.16. The highest BCUT2D eigenvalue weighted by Crippen LogP contribution is 2.21. The van der Waals surface area contributed by atoms with Crippen LogP contribution in [0.3, 0.4) is 0 Å². The van der Waals surface area contributed by atoms with Gasteiger partial charge < -0.3 is 15.2 Å². The SMILES string of the molecule is CN(Cc1ccccc1)C[C@H](O)COc1ccc(CNCc2ccc(Cl)s2)cc1. The molecule has 0 radical (unpaired) electrons. The number of halogens is 1. The Kier molecular flexibility index (Phi) is 8.52. The van der Waals surface area contributed by atoms with Gasteiger partial charge in [0.15, 0.2) is 0 Å². The first kappa shape index (κ1) is 21.8. The van der Waals surface area contributed by atoms with Gasteiger partial charge in [-0.3, -0.25) is 4.90 Å². The van der Waals surface area contributed by atoms with E-state index < -0.39 is 6.10 Å². The summed E-state index contributed by atoms with van der Waals surface area (Å²) >= 11 is 7.54. The van der Waals surface area contributed by atoms with E-state index in [0.717, 1.165) is 29.7 Å². The van der Waals surface area contributed by atoms with Crippen LogP contribution in [0.5, 0.6) is 5.75 Å². The summed E-state index contributed by atoms with van der Waals surface area (Å²) < 4.78 is 6.56. The molecule has 2 aromatic carbocycles. The zero-order chi connectivity index (χ0) is 20.5. The second kappa shape index (κ2) is 11.3. The average Bonchev–Trinajstić information content (AvgIpc) is 3.13. The molecule has 0 aliphatic heterocycles. The fraction of sp³-hybridized carbons (Fsp3) is 0.304. The van der Waals surface area contributed by atoms with Crippen molar-refractivity contribution in [3.63, 3.8) is 0 Å². The lowest BCUT2D eigenvalue weighted by Gasteiger charge is -2.21. The van der Waals surface area contributed by atoms with Crippen LogP contribution in [0.25, 0.3) is 0 Å². The van der Waals surface area contributed by atoms with Crippen molar-refractivity contribution in [2.24, 2.45) is 0 Å². The predicted molar refractivity (Wildman–Crippen MR) is 121 cm³/mol. The molecule has 0 bridgehead atoms. The van der Waals surface area contributed by atoms with Gasteiger partial charge in [-0.15, -0.1) is 11.3 Å². The second-order valence-electron chi connectivity index (χ2n) is 7.10. The first-order chi connectivity index (χ1) is 14.1. The van der Waals surface area contributed by atoms with E-state index in [-0.39, 0.29) is 6.61 Å². The summed E-state index contributed by atoms with van der Waals surface area (Å²) in [6.45, 7) is 3.22. The summed E-state index contributed by atoms with van der Waals surface area (Å²) in [6, 6.07) is 22.2. The maximum atomic E-state index is 10.3. The minimum Gasteiger partial charge on any atom is -0.491 e. The molecule has 0 saturated carbocycles. The van der Waals surface area contributed by atoms with Gasteiger partial charge in [-0.2, -0.15) is 0 Å². The van der Waals surface area contributed by atoms with Gasteiger partial charge in [0.2, 0.25) is 0 Å². The van der Waals surface area contributed by atoms with E-state index in [1.807, 2.05) is 61.6 Å². The fourth-order valence-corrected chi connectivity index (χ4v) is 4.10. The predicted octanol–water partition coefficient (Wildman–Crippen LogP) is 4.56. The quantitative estimate of drug-likeness (QED) is 0.468. The number of aliphatic hydroxyl groups excluding tert-OH is 1. The summed E-state index contributed by atoms with van der Waals surface area (Å²) in [5.41, 5.74) is 2.41. The monoisotopic (exact) mass is 430 g/mol. The first-order valence-corrected chi connectivity index (χ1v) is 10.8. The van der Waals surface area contributed by atoms with E-state index in [9.17, 15) is 5.11 Å². The summed E-state index contributed by atoms with van der Waals surface area (Å²) in [5.74, 6) is 0.767. The van der Waals surface area contributed by atoms with Gasteiger partial charge >= 0.3 is 0 Å². The molecule has 3 rings (SSSR count). The molecule has 29 heavy (non-hydrogen) atoms. The summed E-state index contributed by atoms with van der Waals surface area (Å²) in [5, 5.41) is 13.7. The molecule has 0 fully saturated rings. The molecule has 1 aromatic heterocycles. The number of hydrogen-bond acceptors (Lipinski definition) is 5. The molecule has 0 aliphatic carbocycles. The van der Waals surface area contributed by atoms with Gasteiger partial charge in [-0.05, 0) is 42.4 Å². The number of nitrogens with one attached hydrogen (secondary N) is 1. The number of nitrogens with zero attached hydrogens (tertiary/aromatic N) is 1. The number of thiophene rings is 1. The van der Waals surface area contributed by atoms with Gasteiger partial charge in [0.1, 0.15) is 18.5 Å². The Hall–Kier alpha value is -1.89. The standard InChI is InChI=1S/C23H27ClN2O2S/c1-26(15-19-5-3-2-4-6-19)16-20(27)17-28-21-9-7-18(8-10-21)13-25-14-22-11-12-23(24)29-22/h2-12,20,25,27H,13-17H2,1H3/t20-/m0/s1. The fourth-order valence-electron chi connectivity index (χ4n) is 3.04. The Morgan fingerprint density at radius 1 is 1.00 bits per heavy atom. The Labute approximate surface area is 181 Å². The minimum atomic E-state index is -0.539. The molecule has 4 nitrogen and oxygen atoms in total. The number of aliphatic hydroxyl groups is 1. The van der Waals surface area contributed by atoms with Gasteiger partial charge in [0, 0.05) is 31.1 Å². The summed E-state index contributed by atoms with van der Waals surface area (Å²) in [7, 11) is 2.00. The van der Waals surface area contributed by atoms with E-state index in [1.165, 1.54) is 16.0 Å². The van der Waals surface area contributed by atoms with Crippen LogP contribution in [0, 0.1) is 0 Å². The summed E-state index contributed by atoms with van der Waals surface area (Å²) in [4.78, 5) is 3.32. The molecule has 1 atom stereocenters. The van der Waals surface area contributed by atoms with Gasteiger partial charge in [0.25, 0.3) is 0 Å². The number of ether oxygens (including phenoxy) is 1. The number of hydrogen-bond donors (Lipinski definition) is 2. The number of rotatable bonds is 11. The van der Waals surface area contributed by atoms with E-state index >= 15 is 0 Å². The van der Waals surface area contributed by atoms with Crippen LogP contribution in [0.4, 0.5) is 0 Å². The van der Waals surface area contributed by atoms with Crippen LogP contribution >= 0.6 is 22.9 Å². The molecule has 0 spiro atoms. The highest BCUT2D eigenvalue weighted by atomic mass is 35.5. The van der Waals surface area contributed by atoms with Crippen molar-refractivity contribution in [1.82, 2.24) is 10.2 Å². The molecule has 154 valence electrons. The molecular formula is C23H27ClN2O2S. The largest absolute Gasteiger partial charge is 0.491 e. The Morgan fingerprint density at radius 3 is 2.45 bits per heavy atom. The molecule has 0 amide bonds. The lowest BCUT2D eigenvalue weighted by Crippen LogP contribution is -2.32. The third kappa shape index (κ3) is 7.80. The normalized spacial score (nSPS) is 12.3. The smallest absolute Gasteiger partial charge is 0.119 e. The Balaban J connectivity index is 1.35. The number of benzene rings is 2. The maximum absolute atomic E-state index is 10.3. The second-order valence-corrected chi connectivity index (χ2v) is 8.90. The van der Waals surface area contributed by atoms with E-state index in [4.69, 9.17) is 16.3 Å². The van der Waals surface area contributed by atoms with Crippen LogP contribution in [0.1, 0.15) is 16.0 Å². The summed E-state index contributed by atoms with van der Waals surface area (Å²) in [6.07, 6.45) is -0.539. The minimum absolute atomic E-state index is 0.274. The third-order valence-corrected chi connectivity index (χ3v) is 5.67. The highest BCUT2D eigenvalue weighted by Gasteiger charge is 2.10. The van der Waals surface area contributed by atoms with Gasteiger partial charge in [0.05, 0.1) is 4.34 Å². The lowest BCUT2D eigenvalue weighted by molar-refractivity contribution is 0.0744. The molecule has 2 N–H and O–H groups in total. The van der Waals surface area contributed by atoms with Crippen molar-refractivity contribution in [3.8, 4) is 5.75 Å². The van der Waals surface area contributed by atoms with Gasteiger partial charge in [-0.1, -0.05) is 54.1 Å². The van der Waals surface area contributed by atoms with Crippen molar-refractivity contribution in [2.75, 3.05) is 20.2 Å². The maximum Gasteiger partial charge on any atom is 0.119 e. The molecule has 0 unspecified atom stereocenters. The van der Waals surface area contributed by atoms with E-state index in [1.54, 1.807) is 11.3 Å². The van der Waals surface area contributed by atoms with Gasteiger partial charge in [-0.25, -0.2) is 0 Å². The topological polar surface area (TPSA) is 44.7 Å². The van der Waals surface area contributed by atoms with Crippen LogP contribution in [0.15, 0.2) is 66.7 Å². The average molecular weight is 431 g/mol. The molecule has 3 aromatic rings. The van der Waals surface area contributed by atoms with Crippen LogP contribution < -0.4 is 10.1 Å². The van der Waals surface area contributed by atoms with E-state index in [0.29, 0.717) is 6.54 Å². The van der Waals surface area contributed by atoms with Crippen molar-refractivity contribution in [1.29, 1.82) is 0 Å². The van der Waals surface area contributed by atoms with Crippen molar-refractivity contribution in [3.05, 3.63) is 87.1 Å². The van der Waals surface area contributed by atoms with E-state index in [2.05, 4.69) is 22.3 Å². The zero-order valence-electron chi connectivity index (χ0n) is 16.6. The molecule has 0 saturated heterocycles. The Morgan fingerprint density at radius 2 is 1.76 bits per heavy atom. The van der Waals surface area contributed by atoms with Crippen molar-refractivity contribution < 1.29 is 9.84 Å².